The molecule has 0 aromatic heterocycles. The summed E-state index contributed by atoms with van der Waals surface area (Å²) in [4.78, 5) is 0. The van der Waals surface area contributed by atoms with Crippen LogP contribution in [0.5, 0.6) is 0 Å². The largest absolute Gasteiger partial charge is 0.313 e. The number of benzene rings is 1. The average Bonchev–Trinajstić information content (AvgIpc) is 3.10. The van der Waals surface area contributed by atoms with Crippen LogP contribution < -0.4 is 5.32 Å². The Morgan fingerprint density at radius 1 is 1.39 bits per heavy atom. The highest BCUT2D eigenvalue weighted by atomic mass is 19.1. The maximum atomic E-state index is 13.2. The van der Waals surface area contributed by atoms with E-state index in [9.17, 15) is 4.39 Å². The lowest BCUT2D eigenvalue weighted by atomic mass is 9.79. The van der Waals surface area contributed by atoms with Crippen LogP contribution in [-0.2, 0) is 6.42 Å². The van der Waals surface area contributed by atoms with Crippen molar-refractivity contribution in [3.05, 3.63) is 35.6 Å². The van der Waals surface area contributed by atoms with Crippen molar-refractivity contribution in [3.8, 4) is 0 Å². The lowest BCUT2D eigenvalue weighted by Gasteiger charge is -2.30. The molecule has 0 saturated heterocycles. The molecular weight excluding hydrogens is 225 g/mol. The molecular formula is C16H24FN. The standard InChI is InChI=1S/C16H24FN/c1-3-9-16(2,12-18-15-7-8-15)11-13-5-4-6-14(17)10-13/h4-6,10,15,18H,3,7-9,11-12H2,1-2H3. The Morgan fingerprint density at radius 2 is 2.17 bits per heavy atom. The zero-order valence-electron chi connectivity index (χ0n) is 11.5. The predicted octanol–water partition coefficient (Wildman–Crippen LogP) is 3.93. The van der Waals surface area contributed by atoms with Gasteiger partial charge >= 0.3 is 0 Å². The van der Waals surface area contributed by atoms with Crippen molar-refractivity contribution in [2.24, 2.45) is 5.41 Å². The van der Waals surface area contributed by atoms with Gasteiger partial charge in [0.25, 0.3) is 0 Å². The molecule has 0 aliphatic heterocycles. The summed E-state index contributed by atoms with van der Waals surface area (Å²) in [5, 5.41) is 3.62. The van der Waals surface area contributed by atoms with Crippen molar-refractivity contribution in [3.63, 3.8) is 0 Å². The van der Waals surface area contributed by atoms with E-state index in [0.717, 1.165) is 24.6 Å². The fourth-order valence-electron chi connectivity index (χ4n) is 2.66. The van der Waals surface area contributed by atoms with Crippen molar-refractivity contribution >= 4 is 0 Å². The Morgan fingerprint density at radius 3 is 2.78 bits per heavy atom. The van der Waals surface area contributed by atoms with Gasteiger partial charge < -0.3 is 5.32 Å². The van der Waals surface area contributed by atoms with Crippen molar-refractivity contribution in [2.45, 2.75) is 52.0 Å². The van der Waals surface area contributed by atoms with Gasteiger partial charge in [0.1, 0.15) is 5.82 Å². The van der Waals surface area contributed by atoms with Crippen LogP contribution in [0.1, 0.15) is 45.1 Å². The quantitative estimate of drug-likeness (QED) is 0.772. The smallest absolute Gasteiger partial charge is 0.123 e. The minimum Gasteiger partial charge on any atom is -0.313 e. The highest BCUT2D eigenvalue weighted by Gasteiger charge is 2.28. The molecule has 2 rings (SSSR count). The molecule has 1 nitrogen and oxygen atoms in total. The van der Waals surface area contributed by atoms with Crippen molar-refractivity contribution in [1.29, 1.82) is 0 Å². The fraction of sp³-hybridized carbons (Fsp3) is 0.625. The Labute approximate surface area is 110 Å². The van der Waals surface area contributed by atoms with E-state index < -0.39 is 0 Å². The van der Waals surface area contributed by atoms with Gasteiger partial charge in [0.2, 0.25) is 0 Å². The second kappa shape index (κ2) is 5.83. The molecule has 0 amide bonds. The van der Waals surface area contributed by atoms with Gasteiger partial charge in [0.05, 0.1) is 0 Å². The predicted molar refractivity (Wildman–Crippen MR) is 74.1 cm³/mol. The Bertz CT molecular complexity index is 386. The summed E-state index contributed by atoms with van der Waals surface area (Å²) >= 11 is 0. The number of rotatable bonds is 7. The SMILES string of the molecule is CCCC(C)(CNC1CC1)Cc1cccc(F)c1. The first kappa shape index (κ1) is 13.5. The summed E-state index contributed by atoms with van der Waals surface area (Å²) in [6.07, 6.45) is 5.96. The molecule has 1 atom stereocenters. The molecule has 1 aromatic rings. The van der Waals surface area contributed by atoms with Gasteiger partial charge in [0.15, 0.2) is 0 Å². The number of nitrogens with one attached hydrogen (secondary N) is 1. The van der Waals surface area contributed by atoms with E-state index in [1.165, 1.54) is 31.7 Å². The monoisotopic (exact) mass is 249 g/mol. The molecule has 1 saturated carbocycles. The first-order valence-electron chi connectivity index (χ1n) is 7.09. The zero-order valence-corrected chi connectivity index (χ0v) is 11.5. The van der Waals surface area contributed by atoms with E-state index in [-0.39, 0.29) is 11.2 Å². The summed E-state index contributed by atoms with van der Waals surface area (Å²) in [7, 11) is 0. The van der Waals surface area contributed by atoms with E-state index in [1.54, 1.807) is 6.07 Å². The van der Waals surface area contributed by atoms with Crippen molar-refractivity contribution in [1.82, 2.24) is 5.32 Å². The number of halogens is 1. The second-order valence-corrected chi connectivity index (χ2v) is 6.02. The third-order valence-electron chi connectivity index (χ3n) is 3.77. The van der Waals surface area contributed by atoms with E-state index >= 15 is 0 Å². The van der Waals surface area contributed by atoms with Crippen molar-refractivity contribution < 1.29 is 4.39 Å². The third-order valence-corrected chi connectivity index (χ3v) is 3.77. The number of hydrogen-bond donors (Lipinski definition) is 1. The molecule has 1 aromatic carbocycles. The van der Waals surface area contributed by atoms with Crippen molar-refractivity contribution in [2.75, 3.05) is 6.54 Å². The Hall–Kier alpha value is -0.890. The Balaban J connectivity index is 1.98. The lowest BCUT2D eigenvalue weighted by Crippen LogP contribution is -2.34. The highest BCUT2D eigenvalue weighted by molar-refractivity contribution is 5.18. The topological polar surface area (TPSA) is 12.0 Å². The normalized spacial score (nSPS) is 18.6. The molecule has 2 heteroatoms. The zero-order chi connectivity index (χ0) is 13.0. The maximum absolute atomic E-state index is 13.2. The molecule has 1 fully saturated rings. The number of hydrogen-bond acceptors (Lipinski definition) is 1. The summed E-state index contributed by atoms with van der Waals surface area (Å²) < 4.78 is 13.2. The van der Waals surface area contributed by atoms with E-state index in [1.807, 2.05) is 12.1 Å². The molecule has 100 valence electrons. The summed E-state index contributed by atoms with van der Waals surface area (Å²) in [5.41, 5.74) is 1.36. The third kappa shape index (κ3) is 4.09. The van der Waals surface area contributed by atoms with Crippen LogP contribution in [0.25, 0.3) is 0 Å². The van der Waals surface area contributed by atoms with Crippen LogP contribution in [-0.4, -0.2) is 12.6 Å². The van der Waals surface area contributed by atoms with Crippen LogP contribution in [0.15, 0.2) is 24.3 Å². The molecule has 0 heterocycles. The molecule has 1 aliphatic carbocycles. The van der Waals surface area contributed by atoms with E-state index in [0.29, 0.717) is 0 Å². The molecule has 1 N–H and O–H groups in total. The molecule has 0 radical (unpaired) electrons. The molecule has 1 aliphatic rings. The molecule has 0 spiro atoms. The first-order valence-corrected chi connectivity index (χ1v) is 7.09. The minimum absolute atomic E-state index is 0.124. The molecule has 1 unspecified atom stereocenters. The van der Waals surface area contributed by atoms with E-state index in [4.69, 9.17) is 0 Å². The first-order chi connectivity index (χ1) is 8.61. The van der Waals surface area contributed by atoms with Gasteiger partial charge in [-0.2, -0.15) is 0 Å². The second-order valence-electron chi connectivity index (χ2n) is 6.02. The summed E-state index contributed by atoms with van der Waals surface area (Å²) in [5.74, 6) is -0.124. The van der Waals surface area contributed by atoms with Gasteiger partial charge in [-0.1, -0.05) is 32.4 Å². The molecule has 0 bridgehead atoms. The highest BCUT2D eigenvalue weighted by Crippen LogP contribution is 2.29. The fourth-order valence-corrected chi connectivity index (χ4v) is 2.66. The molecule has 18 heavy (non-hydrogen) atoms. The Kier molecular flexibility index (Phi) is 4.39. The van der Waals surface area contributed by atoms with Crippen LogP contribution in [0, 0.1) is 11.2 Å². The van der Waals surface area contributed by atoms with E-state index in [2.05, 4.69) is 19.2 Å². The maximum Gasteiger partial charge on any atom is 0.123 e. The summed E-state index contributed by atoms with van der Waals surface area (Å²) in [6.45, 7) is 5.58. The van der Waals surface area contributed by atoms with Gasteiger partial charge in [-0.25, -0.2) is 4.39 Å². The summed E-state index contributed by atoms with van der Waals surface area (Å²) in [6, 6.07) is 7.78. The van der Waals surface area contributed by atoms with Gasteiger partial charge in [-0.15, -0.1) is 0 Å². The minimum atomic E-state index is -0.124. The average molecular weight is 249 g/mol. The van der Waals surface area contributed by atoms with Crippen LogP contribution in [0.4, 0.5) is 4.39 Å². The van der Waals surface area contributed by atoms with Crippen LogP contribution in [0.2, 0.25) is 0 Å². The van der Waals surface area contributed by atoms with Gasteiger partial charge in [-0.05, 0) is 48.8 Å². The lowest BCUT2D eigenvalue weighted by molar-refractivity contribution is 0.274. The van der Waals surface area contributed by atoms with Gasteiger partial charge in [0, 0.05) is 12.6 Å². The van der Waals surface area contributed by atoms with Gasteiger partial charge in [-0.3, -0.25) is 0 Å². The van der Waals surface area contributed by atoms with Crippen LogP contribution >= 0.6 is 0 Å². The van der Waals surface area contributed by atoms with Crippen LogP contribution in [0.3, 0.4) is 0 Å².